The van der Waals surface area contributed by atoms with E-state index in [1.807, 2.05) is 37.3 Å². The first kappa shape index (κ1) is 25.9. The van der Waals surface area contributed by atoms with Crippen molar-refractivity contribution in [3.63, 3.8) is 0 Å². The first-order valence-electron chi connectivity index (χ1n) is 12.3. The molecule has 36 heavy (non-hydrogen) atoms. The second kappa shape index (κ2) is 12.2. The van der Waals surface area contributed by atoms with Crippen molar-refractivity contribution in [1.29, 1.82) is 0 Å². The topological polar surface area (TPSA) is 79.0 Å². The normalized spacial score (nSPS) is 14.4. The van der Waals surface area contributed by atoms with Crippen molar-refractivity contribution in [2.24, 2.45) is 0 Å². The van der Waals surface area contributed by atoms with Crippen molar-refractivity contribution in [3.8, 4) is 0 Å². The van der Waals surface area contributed by atoms with Crippen molar-refractivity contribution in [1.82, 2.24) is 10.2 Å². The number of morpholine rings is 1. The Balaban J connectivity index is 1.57. The fourth-order valence-corrected chi connectivity index (χ4v) is 5.67. The summed E-state index contributed by atoms with van der Waals surface area (Å²) < 4.78 is 34.4. The number of carbonyl (C=O) groups excluding carboxylic acids is 1. The Morgan fingerprint density at radius 1 is 0.944 bits per heavy atom. The first-order chi connectivity index (χ1) is 17.4. The highest BCUT2D eigenvalue weighted by molar-refractivity contribution is 7.92. The van der Waals surface area contributed by atoms with Gasteiger partial charge in [0.25, 0.3) is 15.9 Å². The van der Waals surface area contributed by atoms with Crippen molar-refractivity contribution < 1.29 is 17.9 Å². The Labute approximate surface area is 213 Å². The molecule has 4 rings (SSSR count). The highest BCUT2D eigenvalue weighted by Crippen LogP contribution is 2.29. The molecular formula is C28H33N3O4S. The van der Waals surface area contributed by atoms with E-state index in [1.54, 1.807) is 48.5 Å². The van der Waals surface area contributed by atoms with Gasteiger partial charge in [0.05, 0.1) is 35.9 Å². The zero-order chi connectivity index (χ0) is 25.4. The first-order valence-corrected chi connectivity index (χ1v) is 13.7. The lowest BCUT2D eigenvalue weighted by Crippen LogP contribution is -2.38. The summed E-state index contributed by atoms with van der Waals surface area (Å²) in [6.07, 6.45) is 0.809. The Kier molecular flexibility index (Phi) is 8.74. The summed E-state index contributed by atoms with van der Waals surface area (Å²) in [7, 11) is -3.93. The third-order valence-corrected chi connectivity index (χ3v) is 8.01. The number of hydrogen-bond donors (Lipinski definition) is 1. The Bertz CT molecular complexity index is 1240. The van der Waals surface area contributed by atoms with Crippen LogP contribution in [0, 0.1) is 6.92 Å². The molecule has 1 saturated heterocycles. The van der Waals surface area contributed by atoms with Crippen molar-refractivity contribution >= 4 is 21.6 Å². The van der Waals surface area contributed by atoms with E-state index in [0.717, 1.165) is 50.4 Å². The van der Waals surface area contributed by atoms with Crippen LogP contribution in [0.5, 0.6) is 0 Å². The molecule has 1 heterocycles. The predicted molar refractivity (Wildman–Crippen MR) is 142 cm³/mol. The van der Waals surface area contributed by atoms with Crippen LogP contribution in [-0.4, -0.2) is 58.6 Å². The van der Waals surface area contributed by atoms with Gasteiger partial charge in [-0.25, -0.2) is 8.42 Å². The summed E-state index contributed by atoms with van der Waals surface area (Å²) in [6.45, 7) is 6.71. The molecule has 7 nitrogen and oxygen atoms in total. The number of sulfonamides is 1. The number of benzene rings is 3. The number of rotatable bonds is 10. The number of aryl methyl sites for hydroxylation is 1. The summed E-state index contributed by atoms with van der Waals surface area (Å²) in [6, 6.07) is 23.1. The summed E-state index contributed by atoms with van der Waals surface area (Å²) in [5.41, 5.74) is 2.48. The minimum absolute atomic E-state index is 0.109. The van der Waals surface area contributed by atoms with Crippen LogP contribution >= 0.6 is 0 Å². The van der Waals surface area contributed by atoms with E-state index < -0.39 is 10.0 Å². The Morgan fingerprint density at radius 2 is 1.61 bits per heavy atom. The van der Waals surface area contributed by atoms with E-state index in [4.69, 9.17) is 4.74 Å². The van der Waals surface area contributed by atoms with Gasteiger partial charge in [-0.2, -0.15) is 0 Å². The van der Waals surface area contributed by atoms with Crippen LogP contribution in [-0.2, 0) is 21.3 Å². The van der Waals surface area contributed by atoms with Gasteiger partial charge in [-0.3, -0.25) is 14.0 Å². The van der Waals surface area contributed by atoms with E-state index >= 15 is 0 Å². The van der Waals surface area contributed by atoms with Crippen LogP contribution in [0.4, 0.5) is 5.69 Å². The number of nitrogens with one attached hydrogen (secondary N) is 1. The number of para-hydroxylation sites is 1. The molecule has 0 atom stereocenters. The van der Waals surface area contributed by atoms with Gasteiger partial charge < -0.3 is 10.1 Å². The number of carbonyl (C=O) groups is 1. The number of amides is 1. The summed E-state index contributed by atoms with van der Waals surface area (Å²) >= 11 is 0. The lowest BCUT2D eigenvalue weighted by atomic mass is 10.1. The molecule has 0 saturated carbocycles. The monoisotopic (exact) mass is 507 g/mol. The largest absolute Gasteiger partial charge is 0.379 e. The predicted octanol–water partition coefficient (Wildman–Crippen LogP) is 3.84. The smallest absolute Gasteiger partial charge is 0.264 e. The molecule has 1 fully saturated rings. The Morgan fingerprint density at radius 3 is 2.33 bits per heavy atom. The molecule has 190 valence electrons. The van der Waals surface area contributed by atoms with Crippen LogP contribution in [0.3, 0.4) is 0 Å². The molecule has 0 radical (unpaired) electrons. The van der Waals surface area contributed by atoms with Gasteiger partial charge in [0, 0.05) is 19.6 Å². The van der Waals surface area contributed by atoms with Gasteiger partial charge in [-0.15, -0.1) is 0 Å². The van der Waals surface area contributed by atoms with Crippen LogP contribution in [0.1, 0.15) is 27.9 Å². The maximum absolute atomic E-state index is 13.8. The molecule has 0 aliphatic carbocycles. The number of nitrogens with zero attached hydrogens (tertiary/aromatic N) is 2. The maximum atomic E-state index is 13.8. The minimum Gasteiger partial charge on any atom is -0.379 e. The minimum atomic E-state index is -3.93. The van der Waals surface area contributed by atoms with Gasteiger partial charge >= 0.3 is 0 Å². The van der Waals surface area contributed by atoms with E-state index in [-0.39, 0.29) is 17.3 Å². The van der Waals surface area contributed by atoms with Crippen LogP contribution in [0.25, 0.3) is 0 Å². The van der Waals surface area contributed by atoms with Crippen LogP contribution in [0.2, 0.25) is 0 Å². The van der Waals surface area contributed by atoms with Crippen LogP contribution < -0.4 is 9.62 Å². The average Bonchev–Trinajstić information content (AvgIpc) is 2.91. The molecular weight excluding hydrogens is 474 g/mol. The molecule has 1 aliphatic heterocycles. The molecule has 1 aliphatic rings. The fourth-order valence-electron chi connectivity index (χ4n) is 4.19. The molecule has 8 heteroatoms. The van der Waals surface area contributed by atoms with Crippen molar-refractivity contribution in [3.05, 3.63) is 95.6 Å². The van der Waals surface area contributed by atoms with Gasteiger partial charge in [0.1, 0.15) is 0 Å². The third kappa shape index (κ3) is 6.51. The molecule has 3 aromatic carbocycles. The lowest BCUT2D eigenvalue weighted by Gasteiger charge is -2.27. The SMILES string of the molecule is Cc1ccc(S(=O)(=O)N(Cc2ccccc2)c2ccccc2C(=O)NCCCN2CCOCC2)cc1. The van der Waals surface area contributed by atoms with E-state index in [1.165, 1.54) is 4.31 Å². The molecule has 0 aromatic heterocycles. The average molecular weight is 508 g/mol. The van der Waals surface area contributed by atoms with Crippen molar-refractivity contribution in [2.75, 3.05) is 43.7 Å². The summed E-state index contributed by atoms with van der Waals surface area (Å²) in [5.74, 6) is -0.287. The summed E-state index contributed by atoms with van der Waals surface area (Å²) in [4.78, 5) is 15.7. The second-order valence-corrected chi connectivity index (χ2v) is 10.8. The molecule has 1 amide bonds. The van der Waals surface area contributed by atoms with Crippen LogP contribution in [0.15, 0.2) is 83.8 Å². The standard InChI is InChI=1S/C28H33N3O4S/c1-23-12-14-25(15-13-23)36(33,34)31(22-24-8-3-2-4-9-24)27-11-6-5-10-26(27)28(32)29-16-7-17-30-18-20-35-21-19-30/h2-6,8-15H,7,16-22H2,1H3,(H,29,32). The molecule has 3 aromatic rings. The Hall–Kier alpha value is -3.20. The zero-order valence-electron chi connectivity index (χ0n) is 20.6. The molecule has 1 N–H and O–H groups in total. The molecule has 0 spiro atoms. The van der Waals surface area contributed by atoms with E-state index in [9.17, 15) is 13.2 Å². The van der Waals surface area contributed by atoms with Gasteiger partial charge in [0.15, 0.2) is 0 Å². The number of hydrogen-bond acceptors (Lipinski definition) is 5. The van der Waals surface area contributed by atoms with Gasteiger partial charge in [0.2, 0.25) is 0 Å². The quantitative estimate of drug-likeness (QED) is 0.422. The van der Waals surface area contributed by atoms with E-state index in [2.05, 4.69) is 10.2 Å². The second-order valence-electron chi connectivity index (χ2n) is 8.89. The fraction of sp³-hybridized carbons (Fsp3) is 0.321. The number of ether oxygens (including phenoxy) is 1. The van der Waals surface area contributed by atoms with Crippen molar-refractivity contribution in [2.45, 2.75) is 24.8 Å². The highest BCUT2D eigenvalue weighted by Gasteiger charge is 2.28. The molecule has 0 unspecified atom stereocenters. The number of anilines is 1. The third-order valence-electron chi connectivity index (χ3n) is 6.24. The van der Waals surface area contributed by atoms with E-state index in [0.29, 0.717) is 17.8 Å². The van der Waals surface area contributed by atoms with Gasteiger partial charge in [-0.05, 0) is 49.7 Å². The summed E-state index contributed by atoms with van der Waals surface area (Å²) in [5, 5.41) is 2.98. The highest BCUT2D eigenvalue weighted by atomic mass is 32.2. The van der Waals surface area contributed by atoms with Gasteiger partial charge in [-0.1, -0.05) is 60.2 Å². The zero-order valence-corrected chi connectivity index (χ0v) is 21.4. The molecule has 0 bridgehead atoms. The lowest BCUT2D eigenvalue weighted by molar-refractivity contribution is 0.0374. The maximum Gasteiger partial charge on any atom is 0.264 e.